The van der Waals surface area contributed by atoms with Crippen LogP contribution in [0.4, 0.5) is 5.69 Å². The Morgan fingerprint density at radius 2 is 2.00 bits per heavy atom. The van der Waals surface area contributed by atoms with Gasteiger partial charge < -0.3 is 20.7 Å². The molecule has 1 aromatic carbocycles. The zero-order valence-corrected chi connectivity index (χ0v) is 14.8. The maximum Gasteiger partial charge on any atom is 0.257 e. The quantitative estimate of drug-likeness (QED) is 0.666. The molecule has 1 unspecified atom stereocenters. The van der Waals surface area contributed by atoms with Gasteiger partial charge in [-0.1, -0.05) is 0 Å². The second kappa shape index (κ2) is 10.9. The number of ether oxygens (including phenoxy) is 1. The summed E-state index contributed by atoms with van der Waals surface area (Å²) in [7, 11) is 0. The standard InChI is InChI=1S/C17H25N3O3.ClH/c1-2-19-17(22)12-23-15-6-4-14(5-7-15)20-16(21)8-3-13-9-10-18-11-13;/h4-7,13,18H,2-3,8-12H2,1H3,(H,19,22)(H,20,21);1H. The van der Waals surface area contributed by atoms with Crippen LogP contribution >= 0.6 is 12.4 Å². The maximum atomic E-state index is 11.9. The molecule has 0 aromatic heterocycles. The monoisotopic (exact) mass is 355 g/mol. The summed E-state index contributed by atoms with van der Waals surface area (Å²) < 4.78 is 5.36. The van der Waals surface area contributed by atoms with Gasteiger partial charge >= 0.3 is 0 Å². The molecule has 1 aromatic rings. The highest BCUT2D eigenvalue weighted by molar-refractivity contribution is 5.90. The number of hydrogen-bond acceptors (Lipinski definition) is 4. The van der Waals surface area contributed by atoms with Gasteiger partial charge in [-0.2, -0.15) is 0 Å². The van der Waals surface area contributed by atoms with Gasteiger partial charge in [-0.05, 0) is 63.0 Å². The average molecular weight is 356 g/mol. The molecule has 0 aliphatic carbocycles. The molecule has 1 saturated heterocycles. The molecular weight excluding hydrogens is 330 g/mol. The van der Waals surface area contributed by atoms with E-state index in [1.807, 2.05) is 6.92 Å². The predicted molar refractivity (Wildman–Crippen MR) is 96.7 cm³/mol. The van der Waals surface area contributed by atoms with Gasteiger partial charge in [0.05, 0.1) is 0 Å². The molecule has 1 heterocycles. The average Bonchev–Trinajstić information content (AvgIpc) is 3.06. The van der Waals surface area contributed by atoms with Crippen LogP contribution < -0.4 is 20.7 Å². The fourth-order valence-electron chi connectivity index (χ4n) is 2.55. The number of anilines is 1. The molecule has 2 rings (SSSR count). The second-order valence-corrected chi connectivity index (χ2v) is 5.71. The van der Waals surface area contributed by atoms with Crippen molar-refractivity contribution in [2.75, 3.05) is 31.6 Å². The van der Waals surface area contributed by atoms with E-state index in [1.54, 1.807) is 24.3 Å². The summed E-state index contributed by atoms with van der Waals surface area (Å²) in [5.41, 5.74) is 0.741. The fraction of sp³-hybridized carbons (Fsp3) is 0.529. The van der Waals surface area contributed by atoms with Gasteiger partial charge in [0.1, 0.15) is 5.75 Å². The van der Waals surface area contributed by atoms with Crippen LogP contribution in [-0.2, 0) is 9.59 Å². The van der Waals surface area contributed by atoms with Crippen molar-refractivity contribution in [1.29, 1.82) is 0 Å². The van der Waals surface area contributed by atoms with Gasteiger partial charge in [-0.3, -0.25) is 9.59 Å². The Kier molecular flexibility index (Phi) is 9.19. The Bertz CT molecular complexity index is 516. The number of halogens is 1. The molecule has 7 heteroatoms. The first-order valence-electron chi connectivity index (χ1n) is 8.17. The highest BCUT2D eigenvalue weighted by Gasteiger charge is 2.15. The lowest BCUT2D eigenvalue weighted by Crippen LogP contribution is -2.28. The van der Waals surface area contributed by atoms with E-state index in [-0.39, 0.29) is 30.8 Å². The van der Waals surface area contributed by atoms with Crippen molar-refractivity contribution in [2.24, 2.45) is 5.92 Å². The number of amides is 2. The molecule has 6 nitrogen and oxygen atoms in total. The molecule has 1 aliphatic heterocycles. The van der Waals surface area contributed by atoms with Gasteiger partial charge in [0.25, 0.3) is 5.91 Å². The molecular formula is C17H26ClN3O3. The lowest BCUT2D eigenvalue weighted by molar-refractivity contribution is -0.123. The van der Waals surface area contributed by atoms with Crippen molar-refractivity contribution in [1.82, 2.24) is 10.6 Å². The minimum atomic E-state index is -0.147. The molecule has 3 N–H and O–H groups in total. The van der Waals surface area contributed by atoms with E-state index in [0.717, 1.165) is 31.6 Å². The van der Waals surface area contributed by atoms with E-state index in [2.05, 4.69) is 16.0 Å². The highest BCUT2D eigenvalue weighted by Crippen LogP contribution is 2.18. The summed E-state index contributed by atoms with van der Waals surface area (Å²) in [6.45, 7) is 4.52. The first-order chi connectivity index (χ1) is 11.2. The minimum absolute atomic E-state index is 0. The Labute approximate surface area is 149 Å². The number of rotatable bonds is 8. The minimum Gasteiger partial charge on any atom is -0.484 e. The van der Waals surface area contributed by atoms with Crippen LogP contribution in [0.25, 0.3) is 0 Å². The van der Waals surface area contributed by atoms with Gasteiger partial charge in [0.15, 0.2) is 6.61 Å². The van der Waals surface area contributed by atoms with Crippen LogP contribution in [0.2, 0.25) is 0 Å². The molecule has 0 spiro atoms. The third-order valence-electron chi connectivity index (χ3n) is 3.82. The van der Waals surface area contributed by atoms with Crippen LogP contribution in [0.1, 0.15) is 26.2 Å². The highest BCUT2D eigenvalue weighted by atomic mass is 35.5. The second-order valence-electron chi connectivity index (χ2n) is 5.71. The lowest BCUT2D eigenvalue weighted by atomic mass is 10.0. The van der Waals surface area contributed by atoms with E-state index in [1.165, 1.54) is 0 Å². The largest absolute Gasteiger partial charge is 0.484 e. The first kappa shape index (κ1) is 20.3. The SMILES string of the molecule is CCNC(=O)COc1ccc(NC(=O)CCC2CCNC2)cc1.Cl. The molecule has 1 aliphatic rings. The number of carbonyl (C=O) groups excluding carboxylic acids is 2. The Hall–Kier alpha value is -1.79. The Morgan fingerprint density at radius 1 is 1.25 bits per heavy atom. The summed E-state index contributed by atoms with van der Waals surface area (Å²) in [4.78, 5) is 23.2. The van der Waals surface area contributed by atoms with E-state index in [4.69, 9.17) is 4.74 Å². The smallest absolute Gasteiger partial charge is 0.257 e. The molecule has 1 atom stereocenters. The molecule has 134 valence electrons. The molecule has 0 radical (unpaired) electrons. The Balaban J connectivity index is 0.00000288. The van der Waals surface area contributed by atoms with Crippen LogP contribution in [0.3, 0.4) is 0 Å². The van der Waals surface area contributed by atoms with E-state index < -0.39 is 0 Å². The number of likely N-dealkylation sites (N-methyl/N-ethyl adjacent to an activating group) is 1. The first-order valence-corrected chi connectivity index (χ1v) is 8.17. The molecule has 0 bridgehead atoms. The third-order valence-corrected chi connectivity index (χ3v) is 3.82. The van der Waals surface area contributed by atoms with Crippen LogP contribution in [-0.4, -0.2) is 38.1 Å². The summed E-state index contributed by atoms with van der Waals surface area (Å²) in [5.74, 6) is 1.11. The summed E-state index contributed by atoms with van der Waals surface area (Å²) in [6.07, 6.45) is 2.62. The number of carbonyl (C=O) groups is 2. The molecule has 2 amide bonds. The summed E-state index contributed by atoms with van der Waals surface area (Å²) >= 11 is 0. The number of benzene rings is 1. The Morgan fingerprint density at radius 3 is 2.62 bits per heavy atom. The zero-order valence-electron chi connectivity index (χ0n) is 14.0. The molecule has 1 fully saturated rings. The maximum absolute atomic E-state index is 11.9. The lowest BCUT2D eigenvalue weighted by Gasteiger charge is -2.10. The number of hydrogen-bond donors (Lipinski definition) is 3. The van der Waals surface area contributed by atoms with Crippen LogP contribution in [0, 0.1) is 5.92 Å². The van der Waals surface area contributed by atoms with Crippen molar-refractivity contribution in [3.05, 3.63) is 24.3 Å². The van der Waals surface area contributed by atoms with Crippen LogP contribution in [0.15, 0.2) is 24.3 Å². The van der Waals surface area contributed by atoms with Gasteiger partial charge in [-0.25, -0.2) is 0 Å². The van der Waals surface area contributed by atoms with Crippen molar-refractivity contribution >= 4 is 29.9 Å². The summed E-state index contributed by atoms with van der Waals surface area (Å²) in [5, 5.41) is 8.85. The molecule has 24 heavy (non-hydrogen) atoms. The summed E-state index contributed by atoms with van der Waals surface area (Å²) in [6, 6.07) is 7.05. The molecule has 0 saturated carbocycles. The third kappa shape index (κ3) is 7.19. The van der Waals surface area contributed by atoms with Gasteiger partial charge in [0, 0.05) is 18.7 Å². The zero-order chi connectivity index (χ0) is 16.5. The van der Waals surface area contributed by atoms with E-state index in [9.17, 15) is 9.59 Å². The normalized spacial score (nSPS) is 16.1. The van der Waals surface area contributed by atoms with Crippen molar-refractivity contribution in [3.63, 3.8) is 0 Å². The fourth-order valence-corrected chi connectivity index (χ4v) is 2.55. The van der Waals surface area contributed by atoms with Crippen LogP contribution in [0.5, 0.6) is 5.75 Å². The van der Waals surface area contributed by atoms with Gasteiger partial charge in [0.2, 0.25) is 5.91 Å². The van der Waals surface area contributed by atoms with E-state index >= 15 is 0 Å². The number of nitrogens with one attached hydrogen (secondary N) is 3. The van der Waals surface area contributed by atoms with E-state index in [0.29, 0.717) is 24.6 Å². The van der Waals surface area contributed by atoms with Crippen molar-refractivity contribution in [3.8, 4) is 5.75 Å². The van der Waals surface area contributed by atoms with Crippen molar-refractivity contribution < 1.29 is 14.3 Å². The van der Waals surface area contributed by atoms with Gasteiger partial charge in [-0.15, -0.1) is 12.4 Å². The topological polar surface area (TPSA) is 79.5 Å². The van der Waals surface area contributed by atoms with Crippen molar-refractivity contribution in [2.45, 2.75) is 26.2 Å². The predicted octanol–water partition coefficient (Wildman–Crippen LogP) is 1.95.